The number of thioether (sulfide) groups is 1. The van der Waals surface area contributed by atoms with Crippen molar-refractivity contribution in [2.75, 3.05) is 5.75 Å². The van der Waals surface area contributed by atoms with Crippen molar-refractivity contribution < 1.29 is 9.59 Å². The molecule has 0 unspecified atom stereocenters. The number of aromatic nitrogens is 2. The third kappa shape index (κ3) is 3.99. The van der Waals surface area contributed by atoms with Gasteiger partial charge in [0.2, 0.25) is 5.91 Å². The summed E-state index contributed by atoms with van der Waals surface area (Å²) in [4.78, 5) is 23.2. The van der Waals surface area contributed by atoms with E-state index in [9.17, 15) is 9.59 Å². The molecule has 7 nitrogen and oxygen atoms in total. The first-order valence-corrected chi connectivity index (χ1v) is 9.12. The summed E-state index contributed by atoms with van der Waals surface area (Å²) in [5.41, 5.74) is 2.02. The lowest BCUT2D eigenvalue weighted by atomic mass is 10.0. The topological polar surface area (TPSA) is 98.9 Å². The average Bonchev–Trinajstić information content (AvgIpc) is 3.18. The highest BCUT2D eigenvalue weighted by Gasteiger charge is 2.42. The minimum absolute atomic E-state index is 0.0424. The zero-order valence-corrected chi connectivity index (χ0v) is 14.0. The van der Waals surface area contributed by atoms with Crippen molar-refractivity contribution in [1.29, 1.82) is 0 Å². The van der Waals surface area contributed by atoms with Crippen molar-refractivity contribution in [3.05, 3.63) is 17.5 Å². The lowest BCUT2D eigenvalue weighted by Crippen LogP contribution is -2.36. The number of nitrogens with zero attached hydrogens (tertiary/aromatic N) is 1. The van der Waals surface area contributed by atoms with Crippen molar-refractivity contribution in [2.45, 2.75) is 56.5 Å². The van der Waals surface area contributed by atoms with Crippen molar-refractivity contribution in [2.24, 2.45) is 0 Å². The van der Waals surface area contributed by atoms with Gasteiger partial charge in [-0.25, -0.2) is 4.79 Å². The van der Waals surface area contributed by atoms with Crippen LogP contribution < -0.4 is 16.0 Å². The number of aromatic amines is 1. The summed E-state index contributed by atoms with van der Waals surface area (Å²) in [5, 5.41) is 16.1. The van der Waals surface area contributed by atoms with Gasteiger partial charge in [0, 0.05) is 35.2 Å². The highest BCUT2D eigenvalue weighted by molar-refractivity contribution is 8.00. The van der Waals surface area contributed by atoms with Crippen LogP contribution in [0.25, 0.3) is 0 Å². The molecule has 2 aliphatic heterocycles. The second-order valence-electron chi connectivity index (χ2n) is 6.16. The number of fused-ring (bicyclic) bond motifs is 1. The number of carbonyl (C=O) groups is 2. The molecule has 3 rings (SSSR count). The molecule has 3 atom stereocenters. The maximum Gasteiger partial charge on any atom is 0.315 e. The fraction of sp³-hybridized carbons (Fsp3) is 0.667. The molecule has 0 bridgehead atoms. The van der Waals surface area contributed by atoms with E-state index in [2.05, 4.69) is 26.1 Å². The van der Waals surface area contributed by atoms with Gasteiger partial charge in [0.15, 0.2) is 0 Å². The van der Waals surface area contributed by atoms with Gasteiger partial charge < -0.3 is 16.0 Å². The molecule has 4 N–H and O–H groups in total. The molecule has 0 spiro atoms. The van der Waals surface area contributed by atoms with Gasteiger partial charge in [-0.15, -0.1) is 0 Å². The van der Waals surface area contributed by atoms with Crippen LogP contribution in [0.2, 0.25) is 0 Å². The van der Waals surface area contributed by atoms with Gasteiger partial charge in [-0.2, -0.15) is 16.9 Å². The van der Waals surface area contributed by atoms with Crippen LogP contribution in [-0.4, -0.2) is 45.2 Å². The Labute approximate surface area is 139 Å². The standard InChI is InChI=1S/C15H23N5O2S/c1-9-10(7-17-20-9)6-16-13(21)5-3-2-4-12-14-11(8-23-12)18-15(22)19-14/h7,11-12,14H,2-6,8H2,1H3,(H,16,21)(H,17,20)(H2,18,19,22)/t11-,12-,14-/m0/s1. The number of carbonyl (C=O) groups excluding carboxylic acids is 2. The number of urea groups is 1. The van der Waals surface area contributed by atoms with Gasteiger partial charge in [0.1, 0.15) is 0 Å². The first kappa shape index (κ1) is 16.2. The molecule has 0 aromatic carbocycles. The van der Waals surface area contributed by atoms with Crippen LogP contribution in [0, 0.1) is 6.92 Å². The molecule has 0 aliphatic carbocycles. The summed E-state index contributed by atoms with van der Waals surface area (Å²) in [6, 6.07) is 0.489. The molecule has 2 fully saturated rings. The Bertz CT molecular complexity index is 576. The molecule has 2 aliphatic rings. The second kappa shape index (κ2) is 7.25. The number of amides is 3. The third-order valence-electron chi connectivity index (χ3n) is 4.49. The van der Waals surface area contributed by atoms with Gasteiger partial charge in [-0.05, 0) is 19.8 Å². The van der Waals surface area contributed by atoms with E-state index in [-0.39, 0.29) is 24.0 Å². The molecule has 1 aromatic rings. The van der Waals surface area contributed by atoms with Crippen molar-refractivity contribution >= 4 is 23.7 Å². The fourth-order valence-corrected chi connectivity index (χ4v) is 4.65. The highest BCUT2D eigenvalue weighted by atomic mass is 32.2. The molecule has 8 heteroatoms. The Kier molecular flexibility index (Phi) is 5.09. The molecule has 2 saturated heterocycles. The van der Waals surface area contributed by atoms with Gasteiger partial charge in [-0.3, -0.25) is 9.89 Å². The van der Waals surface area contributed by atoms with E-state index in [1.165, 1.54) is 0 Å². The number of H-pyrrole nitrogens is 1. The van der Waals surface area contributed by atoms with Gasteiger partial charge in [-0.1, -0.05) is 6.42 Å². The number of unbranched alkanes of at least 4 members (excludes halogenated alkanes) is 1. The fourth-order valence-electron chi connectivity index (χ4n) is 3.11. The van der Waals surface area contributed by atoms with E-state index in [0.29, 0.717) is 18.2 Å². The summed E-state index contributed by atoms with van der Waals surface area (Å²) in [6.07, 6.45) is 5.23. The number of aryl methyl sites for hydroxylation is 1. The minimum atomic E-state index is -0.0424. The minimum Gasteiger partial charge on any atom is -0.352 e. The van der Waals surface area contributed by atoms with Crippen LogP contribution in [0.4, 0.5) is 4.79 Å². The van der Waals surface area contributed by atoms with Crippen LogP contribution in [0.5, 0.6) is 0 Å². The monoisotopic (exact) mass is 337 g/mol. The lowest BCUT2D eigenvalue weighted by molar-refractivity contribution is -0.121. The third-order valence-corrected chi connectivity index (χ3v) is 6.00. The van der Waals surface area contributed by atoms with Crippen LogP contribution in [0.15, 0.2) is 6.20 Å². The van der Waals surface area contributed by atoms with Crippen LogP contribution in [0.3, 0.4) is 0 Å². The quantitative estimate of drug-likeness (QED) is 0.442. The Morgan fingerprint density at radius 3 is 3.09 bits per heavy atom. The average molecular weight is 337 g/mol. The Hall–Kier alpha value is -1.70. The first-order valence-electron chi connectivity index (χ1n) is 8.07. The van der Waals surface area contributed by atoms with Crippen LogP contribution >= 0.6 is 11.8 Å². The van der Waals surface area contributed by atoms with Gasteiger partial charge >= 0.3 is 6.03 Å². The number of nitrogens with one attached hydrogen (secondary N) is 4. The lowest BCUT2D eigenvalue weighted by Gasteiger charge is -2.16. The van der Waals surface area contributed by atoms with Crippen molar-refractivity contribution in [3.63, 3.8) is 0 Å². The zero-order valence-electron chi connectivity index (χ0n) is 13.2. The van der Waals surface area contributed by atoms with E-state index in [0.717, 1.165) is 36.3 Å². The van der Waals surface area contributed by atoms with Gasteiger partial charge in [0.05, 0.1) is 18.3 Å². The summed E-state index contributed by atoms with van der Waals surface area (Å²) in [5.74, 6) is 1.07. The Morgan fingerprint density at radius 2 is 2.30 bits per heavy atom. The maximum atomic E-state index is 11.9. The van der Waals surface area contributed by atoms with Crippen LogP contribution in [0.1, 0.15) is 36.9 Å². The summed E-state index contributed by atoms with van der Waals surface area (Å²) in [7, 11) is 0. The highest BCUT2D eigenvalue weighted by Crippen LogP contribution is 2.33. The van der Waals surface area contributed by atoms with E-state index < -0.39 is 0 Å². The molecule has 1 aromatic heterocycles. The Balaban J connectivity index is 1.30. The predicted molar refractivity (Wildman–Crippen MR) is 89.1 cm³/mol. The summed E-state index contributed by atoms with van der Waals surface area (Å²) in [6.45, 7) is 2.47. The summed E-state index contributed by atoms with van der Waals surface area (Å²) < 4.78 is 0. The predicted octanol–water partition coefficient (Wildman–Crippen LogP) is 1.06. The normalized spacial score (nSPS) is 25.8. The summed E-state index contributed by atoms with van der Waals surface area (Å²) >= 11 is 1.92. The van der Waals surface area contributed by atoms with Crippen molar-refractivity contribution in [3.8, 4) is 0 Å². The van der Waals surface area contributed by atoms with Crippen molar-refractivity contribution in [1.82, 2.24) is 26.1 Å². The second-order valence-corrected chi connectivity index (χ2v) is 7.44. The number of hydrogen-bond donors (Lipinski definition) is 4. The van der Waals surface area contributed by atoms with E-state index >= 15 is 0 Å². The number of rotatable bonds is 7. The van der Waals surface area contributed by atoms with E-state index in [1.807, 2.05) is 18.7 Å². The first-order chi connectivity index (χ1) is 11.1. The van der Waals surface area contributed by atoms with E-state index in [4.69, 9.17) is 0 Å². The largest absolute Gasteiger partial charge is 0.352 e. The SMILES string of the molecule is Cc1[nH]ncc1CNC(=O)CCCC[C@@H]1SC[C@@H]2NC(=O)N[C@@H]21. The molecule has 0 radical (unpaired) electrons. The molecular formula is C15H23N5O2S. The molecule has 3 heterocycles. The number of hydrogen-bond acceptors (Lipinski definition) is 4. The molecule has 0 saturated carbocycles. The molecule has 3 amide bonds. The van der Waals surface area contributed by atoms with Gasteiger partial charge in [0.25, 0.3) is 0 Å². The molecule has 23 heavy (non-hydrogen) atoms. The maximum absolute atomic E-state index is 11.9. The zero-order chi connectivity index (χ0) is 16.2. The molecular weight excluding hydrogens is 314 g/mol. The van der Waals surface area contributed by atoms with E-state index in [1.54, 1.807) is 6.20 Å². The Morgan fingerprint density at radius 1 is 1.43 bits per heavy atom. The smallest absolute Gasteiger partial charge is 0.315 e. The van der Waals surface area contributed by atoms with Crippen LogP contribution in [-0.2, 0) is 11.3 Å². The molecule has 126 valence electrons.